The summed E-state index contributed by atoms with van der Waals surface area (Å²) in [6.07, 6.45) is 1.48. The van der Waals surface area contributed by atoms with Gasteiger partial charge in [-0.2, -0.15) is 13.5 Å². The SMILES string of the molecule is CCOc1ccc(S(=O)(=O)NN=Cc2ccc(C(C)(C)C)cc2)cc1. The van der Waals surface area contributed by atoms with Gasteiger partial charge in [-0.1, -0.05) is 45.0 Å². The molecule has 0 aliphatic rings. The Morgan fingerprint density at radius 3 is 2.16 bits per heavy atom. The van der Waals surface area contributed by atoms with Crippen LogP contribution in [0.2, 0.25) is 0 Å². The van der Waals surface area contributed by atoms with E-state index in [2.05, 4.69) is 30.7 Å². The minimum Gasteiger partial charge on any atom is -0.494 e. The number of benzene rings is 2. The van der Waals surface area contributed by atoms with Gasteiger partial charge in [0.2, 0.25) is 0 Å². The van der Waals surface area contributed by atoms with Crippen LogP contribution < -0.4 is 9.57 Å². The van der Waals surface area contributed by atoms with Crippen LogP contribution in [-0.4, -0.2) is 21.2 Å². The Morgan fingerprint density at radius 2 is 1.64 bits per heavy atom. The predicted molar refractivity (Wildman–Crippen MR) is 101 cm³/mol. The number of ether oxygens (including phenoxy) is 1. The van der Waals surface area contributed by atoms with Crippen molar-refractivity contribution in [3.63, 3.8) is 0 Å². The summed E-state index contributed by atoms with van der Waals surface area (Å²) in [5.74, 6) is 0.629. The van der Waals surface area contributed by atoms with Crippen LogP contribution in [-0.2, 0) is 15.4 Å². The van der Waals surface area contributed by atoms with Gasteiger partial charge in [0.15, 0.2) is 0 Å². The van der Waals surface area contributed by atoms with Crippen LogP contribution in [0.3, 0.4) is 0 Å². The quantitative estimate of drug-likeness (QED) is 0.631. The highest BCUT2D eigenvalue weighted by Gasteiger charge is 2.13. The minimum absolute atomic E-state index is 0.0743. The molecule has 1 N–H and O–H groups in total. The van der Waals surface area contributed by atoms with Crippen molar-refractivity contribution in [2.45, 2.75) is 38.0 Å². The first-order chi connectivity index (χ1) is 11.7. The van der Waals surface area contributed by atoms with Gasteiger partial charge in [0.05, 0.1) is 17.7 Å². The summed E-state index contributed by atoms with van der Waals surface area (Å²) in [7, 11) is -3.70. The monoisotopic (exact) mass is 360 g/mol. The molecule has 0 saturated heterocycles. The molecular formula is C19H24N2O3S. The van der Waals surface area contributed by atoms with E-state index in [0.717, 1.165) is 5.56 Å². The van der Waals surface area contributed by atoms with E-state index < -0.39 is 10.0 Å². The average molecular weight is 360 g/mol. The first kappa shape index (κ1) is 19.0. The van der Waals surface area contributed by atoms with E-state index in [1.165, 1.54) is 23.9 Å². The molecule has 2 rings (SSSR count). The second-order valence-electron chi connectivity index (χ2n) is 6.63. The normalized spacial score (nSPS) is 12.3. The summed E-state index contributed by atoms with van der Waals surface area (Å²) in [5.41, 5.74) is 2.10. The van der Waals surface area contributed by atoms with E-state index in [1.807, 2.05) is 31.2 Å². The zero-order chi connectivity index (χ0) is 18.5. The van der Waals surface area contributed by atoms with Crippen molar-refractivity contribution in [2.75, 3.05) is 6.61 Å². The largest absolute Gasteiger partial charge is 0.494 e. The standard InChI is InChI=1S/C19H24N2O3S/c1-5-24-17-10-12-18(13-11-17)25(22,23)21-20-14-15-6-8-16(9-7-15)19(2,3)4/h6-14,21H,5H2,1-4H3. The summed E-state index contributed by atoms with van der Waals surface area (Å²) in [4.78, 5) is 2.36. The van der Waals surface area contributed by atoms with Gasteiger partial charge >= 0.3 is 0 Å². The molecule has 25 heavy (non-hydrogen) atoms. The first-order valence-electron chi connectivity index (χ1n) is 8.10. The van der Waals surface area contributed by atoms with E-state index in [0.29, 0.717) is 12.4 Å². The Morgan fingerprint density at radius 1 is 1.04 bits per heavy atom. The maximum atomic E-state index is 12.2. The summed E-state index contributed by atoms with van der Waals surface area (Å²) >= 11 is 0. The Bertz CT molecular complexity index is 818. The lowest BCUT2D eigenvalue weighted by molar-refractivity contribution is 0.340. The number of nitrogens with zero attached hydrogens (tertiary/aromatic N) is 1. The fraction of sp³-hybridized carbons (Fsp3) is 0.316. The number of hydrogen-bond acceptors (Lipinski definition) is 4. The van der Waals surface area contributed by atoms with Gasteiger partial charge in [-0.15, -0.1) is 0 Å². The van der Waals surface area contributed by atoms with Crippen LogP contribution in [0.4, 0.5) is 0 Å². The van der Waals surface area contributed by atoms with Crippen molar-refractivity contribution < 1.29 is 13.2 Å². The van der Waals surface area contributed by atoms with Gasteiger partial charge in [0, 0.05) is 0 Å². The van der Waals surface area contributed by atoms with Crippen LogP contribution in [0, 0.1) is 0 Å². The number of rotatable bonds is 6. The lowest BCUT2D eigenvalue weighted by Gasteiger charge is -2.18. The maximum absolute atomic E-state index is 12.2. The molecule has 0 aliphatic heterocycles. The van der Waals surface area contributed by atoms with Crippen LogP contribution >= 0.6 is 0 Å². The second kappa shape index (κ2) is 7.70. The number of nitrogens with one attached hydrogen (secondary N) is 1. The predicted octanol–water partition coefficient (Wildman–Crippen LogP) is 3.70. The molecule has 6 heteroatoms. The molecule has 2 aromatic carbocycles. The molecule has 0 fully saturated rings. The molecule has 134 valence electrons. The summed E-state index contributed by atoms with van der Waals surface area (Å²) < 4.78 is 29.7. The Labute approximate surface area is 149 Å². The molecule has 0 saturated carbocycles. The Hall–Kier alpha value is -2.34. The van der Waals surface area contributed by atoms with Crippen molar-refractivity contribution in [1.29, 1.82) is 0 Å². The van der Waals surface area contributed by atoms with Gasteiger partial charge in [-0.25, -0.2) is 4.83 Å². The second-order valence-corrected chi connectivity index (χ2v) is 8.29. The van der Waals surface area contributed by atoms with Crippen LogP contribution in [0.15, 0.2) is 58.5 Å². The fourth-order valence-electron chi connectivity index (χ4n) is 2.17. The zero-order valence-electron chi connectivity index (χ0n) is 15.0. The summed E-state index contributed by atoms with van der Waals surface area (Å²) in [5, 5.41) is 3.85. The van der Waals surface area contributed by atoms with Crippen molar-refractivity contribution >= 4 is 16.2 Å². The van der Waals surface area contributed by atoms with Gasteiger partial charge < -0.3 is 4.74 Å². The lowest BCUT2D eigenvalue weighted by Crippen LogP contribution is -2.18. The van der Waals surface area contributed by atoms with E-state index in [-0.39, 0.29) is 10.3 Å². The van der Waals surface area contributed by atoms with Crippen LogP contribution in [0.1, 0.15) is 38.8 Å². The molecule has 0 atom stereocenters. The average Bonchev–Trinajstić information content (AvgIpc) is 2.55. The maximum Gasteiger partial charge on any atom is 0.276 e. The zero-order valence-corrected chi connectivity index (χ0v) is 15.8. The molecule has 0 aromatic heterocycles. The summed E-state index contributed by atoms with van der Waals surface area (Å²) in [6, 6.07) is 14.1. The van der Waals surface area contributed by atoms with Crippen molar-refractivity contribution in [1.82, 2.24) is 4.83 Å². The summed E-state index contributed by atoms with van der Waals surface area (Å²) in [6.45, 7) is 8.82. The topological polar surface area (TPSA) is 67.8 Å². The number of hydrogen-bond donors (Lipinski definition) is 1. The number of hydrazone groups is 1. The smallest absolute Gasteiger partial charge is 0.276 e. The highest BCUT2D eigenvalue weighted by atomic mass is 32.2. The molecule has 0 aliphatic carbocycles. The fourth-order valence-corrected chi connectivity index (χ4v) is 2.97. The van der Waals surface area contributed by atoms with Crippen LogP contribution in [0.5, 0.6) is 5.75 Å². The first-order valence-corrected chi connectivity index (χ1v) is 9.59. The van der Waals surface area contributed by atoms with Crippen molar-refractivity contribution in [3.05, 3.63) is 59.7 Å². The van der Waals surface area contributed by atoms with Gasteiger partial charge in [-0.3, -0.25) is 0 Å². The van der Waals surface area contributed by atoms with Crippen LogP contribution in [0.25, 0.3) is 0 Å². The van der Waals surface area contributed by atoms with E-state index in [4.69, 9.17) is 4.74 Å². The highest BCUT2D eigenvalue weighted by Crippen LogP contribution is 2.21. The van der Waals surface area contributed by atoms with Crippen molar-refractivity contribution in [2.24, 2.45) is 5.10 Å². The third kappa shape index (κ3) is 5.32. The molecule has 0 spiro atoms. The molecule has 2 aromatic rings. The van der Waals surface area contributed by atoms with Gasteiger partial charge in [-0.05, 0) is 47.7 Å². The van der Waals surface area contributed by atoms with Gasteiger partial charge in [0.1, 0.15) is 5.75 Å². The number of sulfonamides is 1. The minimum atomic E-state index is -3.70. The van der Waals surface area contributed by atoms with Gasteiger partial charge in [0.25, 0.3) is 10.0 Å². The third-order valence-electron chi connectivity index (χ3n) is 3.61. The molecular weight excluding hydrogens is 336 g/mol. The molecule has 0 unspecified atom stereocenters. The molecule has 0 amide bonds. The van der Waals surface area contributed by atoms with E-state index >= 15 is 0 Å². The third-order valence-corrected chi connectivity index (χ3v) is 4.85. The lowest BCUT2D eigenvalue weighted by atomic mass is 9.87. The Balaban J connectivity index is 2.04. The highest BCUT2D eigenvalue weighted by molar-refractivity contribution is 7.89. The Kier molecular flexibility index (Phi) is 5.85. The molecule has 0 heterocycles. The molecule has 5 nitrogen and oxygen atoms in total. The van der Waals surface area contributed by atoms with E-state index in [1.54, 1.807) is 12.1 Å². The van der Waals surface area contributed by atoms with E-state index in [9.17, 15) is 8.42 Å². The molecule has 0 bridgehead atoms. The molecule has 0 radical (unpaired) electrons. The van der Waals surface area contributed by atoms with Crippen molar-refractivity contribution in [3.8, 4) is 5.75 Å².